The van der Waals surface area contributed by atoms with E-state index in [1.54, 1.807) is 13.2 Å². The Morgan fingerprint density at radius 3 is 2.76 bits per heavy atom. The number of benzene rings is 1. The monoisotopic (exact) mass is 295 g/mol. The molecule has 1 fully saturated rings. The third-order valence-corrected chi connectivity index (χ3v) is 3.93. The summed E-state index contributed by atoms with van der Waals surface area (Å²) in [5.74, 6) is 0.476. The Balaban J connectivity index is 2.31. The molecule has 2 rings (SSSR count). The van der Waals surface area contributed by atoms with Crippen molar-refractivity contribution in [3.63, 3.8) is 0 Å². The van der Waals surface area contributed by atoms with Gasteiger partial charge in [0.05, 0.1) is 24.2 Å². The largest absolute Gasteiger partial charge is 0.496 e. The lowest BCUT2D eigenvalue weighted by atomic mass is 9.98. The van der Waals surface area contributed by atoms with Crippen LogP contribution in [0.1, 0.15) is 12.8 Å². The SMILES string of the molecule is COc1cc(N2CCC(OC)CC2CN)cc([N+](=O)[O-])c1. The molecule has 7 heteroatoms. The molecule has 1 aliphatic heterocycles. The highest BCUT2D eigenvalue weighted by Crippen LogP contribution is 2.32. The number of anilines is 1. The fourth-order valence-corrected chi connectivity index (χ4v) is 2.75. The molecule has 0 saturated carbocycles. The average Bonchev–Trinajstić information content (AvgIpc) is 2.53. The Labute approximate surface area is 123 Å². The molecule has 1 saturated heterocycles. The molecule has 21 heavy (non-hydrogen) atoms. The van der Waals surface area contributed by atoms with Gasteiger partial charge in [-0.3, -0.25) is 10.1 Å². The van der Waals surface area contributed by atoms with Crippen LogP contribution in [0.4, 0.5) is 11.4 Å². The molecule has 2 atom stereocenters. The van der Waals surface area contributed by atoms with Crippen molar-refractivity contribution in [3.05, 3.63) is 28.3 Å². The molecule has 2 unspecified atom stereocenters. The summed E-state index contributed by atoms with van der Waals surface area (Å²) in [4.78, 5) is 12.7. The van der Waals surface area contributed by atoms with E-state index >= 15 is 0 Å². The Morgan fingerprint density at radius 1 is 1.43 bits per heavy atom. The number of nitrogens with zero attached hydrogens (tertiary/aromatic N) is 2. The first-order valence-corrected chi connectivity index (χ1v) is 6.92. The van der Waals surface area contributed by atoms with E-state index in [0.29, 0.717) is 12.3 Å². The van der Waals surface area contributed by atoms with Crippen LogP contribution in [0.3, 0.4) is 0 Å². The van der Waals surface area contributed by atoms with Crippen molar-refractivity contribution in [2.24, 2.45) is 5.73 Å². The Kier molecular flexibility index (Phi) is 4.98. The molecule has 0 radical (unpaired) electrons. The predicted octanol–water partition coefficient (Wildman–Crippen LogP) is 1.55. The standard InChI is InChI=1S/C14H21N3O4/c1-20-13-3-4-16(12(8-13)9-15)10-5-11(17(18)19)7-14(6-10)21-2/h5-7,12-13H,3-4,8-9,15H2,1-2H3. The zero-order chi connectivity index (χ0) is 15.4. The number of ether oxygens (including phenoxy) is 2. The van der Waals surface area contributed by atoms with E-state index in [1.807, 2.05) is 6.07 Å². The summed E-state index contributed by atoms with van der Waals surface area (Å²) in [6.45, 7) is 1.23. The zero-order valence-electron chi connectivity index (χ0n) is 12.3. The lowest BCUT2D eigenvalue weighted by Crippen LogP contribution is -2.48. The Bertz CT molecular complexity index is 509. The zero-order valence-corrected chi connectivity index (χ0v) is 12.3. The molecule has 7 nitrogen and oxygen atoms in total. The van der Waals surface area contributed by atoms with Crippen LogP contribution in [0.25, 0.3) is 0 Å². The van der Waals surface area contributed by atoms with Crippen molar-refractivity contribution < 1.29 is 14.4 Å². The van der Waals surface area contributed by atoms with Gasteiger partial charge < -0.3 is 20.1 Å². The van der Waals surface area contributed by atoms with Gasteiger partial charge in [-0.1, -0.05) is 0 Å². The first-order chi connectivity index (χ1) is 10.1. The van der Waals surface area contributed by atoms with E-state index in [2.05, 4.69) is 4.90 Å². The maximum Gasteiger partial charge on any atom is 0.275 e. The molecule has 0 aromatic heterocycles. The van der Waals surface area contributed by atoms with Crippen LogP contribution in [0.2, 0.25) is 0 Å². The van der Waals surface area contributed by atoms with Gasteiger partial charge in [0, 0.05) is 44.1 Å². The normalized spacial score (nSPS) is 22.1. The van der Waals surface area contributed by atoms with E-state index < -0.39 is 4.92 Å². The van der Waals surface area contributed by atoms with Crippen LogP contribution in [0, 0.1) is 10.1 Å². The van der Waals surface area contributed by atoms with E-state index in [0.717, 1.165) is 25.1 Å². The molecule has 1 aromatic carbocycles. The van der Waals surface area contributed by atoms with Gasteiger partial charge in [-0.15, -0.1) is 0 Å². The van der Waals surface area contributed by atoms with Gasteiger partial charge in [0.2, 0.25) is 0 Å². The number of piperidine rings is 1. The van der Waals surface area contributed by atoms with Gasteiger partial charge >= 0.3 is 0 Å². The van der Waals surface area contributed by atoms with Gasteiger partial charge in [-0.05, 0) is 12.8 Å². The van der Waals surface area contributed by atoms with Crippen LogP contribution >= 0.6 is 0 Å². The second kappa shape index (κ2) is 6.73. The number of rotatable bonds is 5. The van der Waals surface area contributed by atoms with Gasteiger partial charge in [-0.25, -0.2) is 0 Å². The fourth-order valence-electron chi connectivity index (χ4n) is 2.75. The minimum Gasteiger partial charge on any atom is -0.496 e. The predicted molar refractivity (Wildman–Crippen MR) is 79.9 cm³/mol. The minimum atomic E-state index is -0.411. The summed E-state index contributed by atoms with van der Waals surface area (Å²) in [7, 11) is 3.20. The molecular weight excluding hydrogens is 274 g/mol. The summed E-state index contributed by atoms with van der Waals surface area (Å²) >= 11 is 0. The maximum absolute atomic E-state index is 11.0. The number of nitro benzene ring substituents is 1. The van der Waals surface area contributed by atoms with Crippen molar-refractivity contribution in [2.75, 3.05) is 32.2 Å². The Morgan fingerprint density at radius 2 is 2.19 bits per heavy atom. The highest BCUT2D eigenvalue weighted by atomic mass is 16.6. The third-order valence-electron chi connectivity index (χ3n) is 3.93. The second-order valence-electron chi connectivity index (χ2n) is 5.11. The molecule has 1 aromatic rings. The molecule has 0 spiro atoms. The second-order valence-corrected chi connectivity index (χ2v) is 5.11. The molecule has 116 valence electrons. The van der Waals surface area contributed by atoms with Crippen molar-refractivity contribution in [1.29, 1.82) is 0 Å². The molecule has 1 heterocycles. The van der Waals surface area contributed by atoms with Crippen LogP contribution < -0.4 is 15.4 Å². The van der Waals surface area contributed by atoms with E-state index in [9.17, 15) is 10.1 Å². The van der Waals surface area contributed by atoms with Crippen LogP contribution in [0.5, 0.6) is 5.75 Å². The summed E-state index contributed by atoms with van der Waals surface area (Å²) in [5, 5.41) is 11.0. The minimum absolute atomic E-state index is 0.0222. The molecule has 2 N–H and O–H groups in total. The van der Waals surface area contributed by atoms with Crippen LogP contribution in [-0.2, 0) is 4.74 Å². The highest BCUT2D eigenvalue weighted by molar-refractivity contribution is 5.59. The summed E-state index contributed by atoms with van der Waals surface area (Å²) < 4.78 is 10.6. The van der Waals surface area contributed by atoms with E-state index in [-0.39, 0.29) is 17.8 Å². The number of hydrogen-bond donors (Lipinski definition) is 1. The van der Waals surface area contributed by atoms with Crippen molar-refractivity contribution >= 4 is 11.4 Å². The molecular formula is C14H21N3O4. The molecule has 1 aliphatic rings. The van der Waals surface area contributed by atoms with Gasteiger partial charge in [0.25, 0.3) is 5.69 Å². The summed E-state index contributed by atoms with van der Waals surface area (Å²) in [5.41, 5.74) is 6.65. The lowest BCUT2D eigenvalue weighted by Gasteiger charge is -2.40. The van der Waals surface area contributed by atoms with E-state index in [1.165, 1.54) is 13.2 Å². The fraction of sp³-hybridized carbons (Fsp3) is 0.571. The average molecular weight is 295 g/mol. The smallest absolute Gasteiger partial charge is 0.275 e. The first-order valence-electron chi connectivity index (χ1n) is 6.92. The lowest BCUT2D eigenvalue weighted by molar-refractivity contribution is -0.384. The molecule has 0 amide bonds. The summed E-state index contributed by atoms with van der Waals surface area (Å²) in [6, 6.07) is 4.90. The maximum atomic E-state index is 11.0. The Hall–Kier alpha value is -1.86. The molecule has 0 aliphatic carbocycles. The number of hydrogen-bond acceptors (Lipinski definition) is 6. The number of non-ortho nitro benzene ring substituents is 1. The van der Waals surface area contributed by atoms with Gasteiger partial charge in [0.15, 0.2) is 0 Å². The number of nitrogens with two attached hydrogens (primary N) is 1. The van der Waals surface area contributed by atoms with Crippen molar-refractivity contribution in [2.45, 2.75) is 25.0 Å². The number of nitro groups is 1. The highest BCUT2D eigenvalue weighted by Gasteiger charge is 2.29. The number of methoxy groups -OCH3 is 2. The quantitative estimate of drug-likeness (QED) is 0.654. The van der Waals surface area contributed by atoms with E-state index in [4.69, 9.17) is 15.2 Å². The van der Waals surface area contributed by atoms with Crippen LogP contribution in [-0.4, -0.2) is 44.4 Å². The van der Waals surface area contributed by atoms with Crippen LogP contribution in [0.15, 0.2) is 18.2 Å². The summed E-state index contributed by atoms with van der Waals surface area (Å²) in [6.07, 6.45) is 1.88. The first kappa shape index (κ1) is 15.5. The topological polar surface area (TPSA) is 90.9 Å². The van der Waals surface area contributed by atoms with Gasteiger partial charge in [-0.2, -0.15) is 0 Å². The molecule has 0 bridgehead atoms. The third kappa shape index (κ3) is 3.43. The van der Waals surface area contributed by atoms with Gasteiger partial charge in [0.1, 0.15) is 5.75 Å². The van der Waals surface area contributed by atoms with Crippen molar-refractivity contribution in [3.8, 4) is 5.75 Å². The van der Waals surface area contributed by atoms with Crippen molar-refractivity contribution in [1.82, 2.24) is 0 Å².